The van der Waals surface area contributed by atoms with Gasteiger partial charge < -0.3 is 30.2 Å². The number of piperidine rings is 2. The van der Waals surface area contributed by atoms with Crippen molar-refractivity contribution in [2.24, 2.45) is 0 Å². The van der Waals surface area contributed by atoms with Crippen LogP contribution in [0.5, 0.6) is 0 Å². The lowest BCUT2D eigenvalue weighted by atomic mass is 10.1. The fraction of sp³-hybridized carbons (Fsp3) is 0.571. The van der Waals surface area contributed by atoms with E-state index in [0.29, 0.717) is 29.3 Å². The first kappa shape index (κ1) is 27.6. The number of methoxy groups -OCH3 is 1. The maximum atomic E-state index is 13.3. The van der Waals surface area contributed by atoms with E-state index in [1.807, 2.05) is 12.3 Å². The third kappa shape index (κ3) is 6.13. The fourth-order valence-electron chi connectivity index (χ4n) is 6.10. The van der Waals surface area contributed by atoms with Crippen LogP contribution in [0.15, 0.2) is 30.7 Å². The molecule has 1 aliphatic carbocycles. The third-order valence-corrected chi connectivity index (χ3v) is 8.31. The van der Waals surface area contributed by atoms with Crippen molar-refractivity contribution in [3.63, 3.8) is 0 Å². The maximum Gasteiger partial charge on any atom is 0.253 e. The molecule has 10 nitrogen and oxygen atoms in total. The van der Waals surface area contributed by atoms with Gasteiger partial charge in [0, 0.05) is 62.3 Å². The molecule has 11 heteroatoms. The highest BCUT2D eigenvalue weighted by Gasteiger charge is 2.25. The van der Waals surface area contributed by atoms with Crippen molar-refractivity contribution >= 4 is 46.8 Å². The molecule has 1 saturated carbocycles. The molecule has 3 aromatic heterocycles. The minimum atomic E-state index is -0.00107. The average molecular weight is 555 g/mol. The Morgan fingerprint density at radius 1 is 1.05 bits per heavy atom. The molecule has 210 valence electrons. The van der Waals surface area contributed by atoms with Crippen LogP contribution in [-0.4, -0.2) is 70.9 Å². The summed E-state index contributed by atoms with van der Waals surface area (Å²) < 4.78 is 7.80. The molecule has 5 heterocycles. The van der Waals surface area contributed by atoms with E-state index in [0.717, 1.165) is 81.6 Å². The van der Waals surface area contributed by atoms with Gasteiger partial charge >= 0.3 is 0 Å². The molecule has 6 rings (SSSR count). The molecule has 3 N–H and O–H groups in total. The van der Waals surface area contributed by atoms with Crippen molar-refractivity contribution in [3.8, 4) is 0 Å². The summed E-state index contributed by atoms with van der Waals surface area (Å²) in [7, 11) is 1.78. The summed E-state index contributed by atoms with van der Waals surface area (Å²) in [4.78, 5) is 29.5. The largest absolute Gasteiger partial charge is 0.381 e. The predicted octanol–water partition coefficient (Wildman–Crippen LogP) is 4.20. The molecular formula is C28H39ClN8O2. The summed E-state index contributed by atoms with van der Waals surface area (Å²) in [6.07, 6.45) is 14.6. The summed E-state index contributed by atoms with van der Waals surface area (Å²) in [5.74, 6) is 2.14. The average Bonchev–Trinajstić information content (AvgIpc) is 3.62. The number of pyridine rings is 1. The van der Waals surface area contributed by atoms with Crippen molar-refractivity contribution in [2.75, 3.05) is 43.5 Å². The van der Waals surface area contributed by atoms with E-state index in [2.05, 4.69) is 42.7 Å². The van der Waals surface area contributed by atoms with Gasteiger partial charge in [-0.3, -0.25) is 4.79 Å². The van der Waals surface area contributed by atoms with Crippen LogP contribution in [0.4, 0.5) is 17.6 Å². The van der Waals surface area contributed by atoms with Crippen molar-refractivity contribution in [2.45, 2.75) is 69.6 Å². The Bertz CT molecular complexity index is 1260. The van der Waals surface area contributed by atoms with Gasteiger partial charge in [0.15, 0.2) is 0 Å². The topological polar surface area (TPSA) is 109 Å². The molecule has 2 saturated heterocycles. The van der Waals surface area contributed by atoms with Gasteiger partial charge in [-0.1, -0.05) is 12.8 Å². The number of nitrogens with zero attached hydrogens (tertiary/aromatic N) is 5. The molecule has 2 aliphatic heterocycles. The highest BCUT2D eigenvalue weighted by molar-refractivity contribution is 6.07. The zero-order valence-corrected chi connectivity index (χ0v) is 23.4. The highest BCUT2D eigenvalue weighted by atomic mass is 35.5. The number of aromatic nitrogens is 4. The molecule has 3 aromatic rings. The van der Waals surface area contributed by atoms with Gasteiger partial charge in [-0.25, -0.2) is 9.97 Å². The van der Waals surface area contributed by atoms with Crippen molar-refractivity contribution in [3.05, 3.63) is 36.3 Å². The Morgan fingerprint density at radius 2 is 1.82 bits per heavy atom. The molecule has 0 aromatic carbocycles. The van der Waals surface area contributed by atoms with Gasteiger partial charge in [-0.2, -0.15) is 4.98 Å². The predicted molar refractivity (Wildman–Crippen MR) is 155 cm³/mol. The number of hydrogen-bond acceptors (Lipinski definition) is 8. The van der Waals surface area contributed by atoms with E-state index in [9.17, 15) is 4.79 Å². The van der Waals surface area contributed by atoms with E-state index in [4.69, 9.17) is 14.7 Å². The van der Waals surface area contributed by atoms with Crippen molar-refractivity contribution < 1.29 is 9.53 Å². The Morgan fingerprint density at radius 3 is 2.56 bits per heavy atom. The molecule has 0 unspecified atom stereocenters. The lowest BCUT2D eigenvalue weighted by Gasteiger charge is -2.31. The van der Waals surface area contributed by atoms with E-state index in [1.54, 1.807) is 13.3 Å². The number of amides is 1. The first-order chi connectivity index (χ1) is 18.7. The highest BCUT2D eigenvalue weighted by Crippen LogP contribution is 2.35. The van der Waals surface area contributed by atoms with Gasteiger partial charge in [-0.15, -0.1) is 12.4 Å². The second kappa shape index (κ2) is 12.5. The Kier molecular flexibility index (Phi) is 8.84. The van der Waals surface area contributed by atoms with Gasteiger partial charge in [0.05, 0.1) is 17.2 Å². The van der Waals surface area contributed by atoms with Gasteiger partial charge in [-0.05, 0) is 57.7 Å². The van der Waals surface area contributed by atoms with Gasteiger partial charge in [0.25, 0.3) is 5.91 Å². The Balaban J connectivity index is 0.00000308. The van der Waals surface area contributed by atoms with Crippen LogP contribution >= 0.6 is 12.4 Å². The van der Waals surface area contributed by atoms with Crippen LogP contribution in [0.1, 0.15) is 67.8 Å². The Labute approximate surface area is 235 Å². The third-order valence-electron chi connectivity index (χ3n) is 8.31. The number of carbonyl (C=O) groups excluding carboxylic acids is 1. The van der Waals surface area contributed by atoms with E-state index in [-0.39, 0.29) is 24.4 Å². The summed E-state index contributed by atoms with van der Waals surface area (Å²) in [5.41, 5.74) is 1.76. The molecule has 1 amide bonds. The number of rotatable bonds is 7. The van der Waals surface area contributed by atoms with Crippen LogP contribution in [0.3, 0.4) is 0 Å². The number of nitrogens with one attached hydrogen (secondary N) is 3. The minimum absolute atomic E-state index is 0. The van der Waals surface area contributed by atoms with Crippen LogP contribution in [0.25, 0.3) is 10.9 Å². The number of hydrogen-bond donors (Lipinski definition) is 3. The Hall–Kier alpha value is -2.95. The van der Waals surface area contributed by atoms with E-state index in [1.165, 1.54) is 12.8 Å². The molecule has 3 fully saturated rings. The molecule has 0 atom stereocenters. The molecular weight excluding hydrogens is 516 g/mol. The van der Waals surface area contributed by atoms with Crippen LogP contribution in [0.2, 0.25) is 0 Å². The number of fused-ring (bicyclic) bond motifs is 1. The van der Waals surface area contributed by atoms with Crippen LogP contribution in [0, 0.1) is 0 Å². The summed E-state index contributed by atoms with van der Waals surface area (Å²) in [6, 6.07) is 4.55. The zero-order valence-electron chi connectivity index (χ0n) is 22.6. The lowest BCUT2D eigenvalue weighted by Crippen LogP contribution is -2.42. The number of halogens is 1. The molecule has 39 heavy (non-hydrogen) atoms. The number of anilines is 3. The quantitative estimate of drug-likeness (QED) is 0.398. The second-order valence-electron chi connectivity index (χ2n) is 10.8. The van der Waals surface area contributed by atoms with Crippen molar-refractivity contribution in [1.29, 1.82) is 0 Å². The molecule has 0 radical (unpaired) electrons. The first-order valence-corrected chi connectivity index (χ1v) is 14.1. The number of ether oxygens (including phenoxy) is 1. The summed E-state index contributed by atoms with van der Waals surface area (Å²) in [5, 5.41) is 10.9. The number of carbonyl (C=O) groups is 1. The molecule has 0 bridgehead atoms. The van der Waals surface area contributed by atoms with E-state index >= 15 is 0 Å². The normalized spacial score (nSPS) is 19.3. The standard InChI is InChI=1S/C28H38N8O2.ClH/c1-38-21-9-14-35(15-10-21)28-30-13-8-25(34-28)33-26-16-24-22(17-31-26)23(18-36(24)20-4-2-3-5-20)27(37)32-19-6-11-29-12-7-19;/h8,13,16-21,29H,2-7,9-12,14-15H2,1H3,(H,32,37)(H,30,31,33,34);1H. The summed E-state index contributed by atoms with van der Waals surface area (Å²) >= 11 is 0. The molecule has 3 aliphatic rings. The zero-order chi connectivity index (χ0) is 25.9. The first-order valence-electron chi connectivity index (χ1n) is 14.1. The monoisotopic (exact) mass is 554 g/mol. The summed E-state index contributed by atoms with van der Waals surface area (Å²) in [6.45, 7) is 3.65. The van der Waals surface area contributed by atoms with Gasteiger partial charge in [0.2, 0.25) is 5.95 Å². The van der Waals surface area contributed by atoms with Crippen LogP contribution in [-0.2, 0) is 4.74 Å². The van der Waals surface area contributed by atoms with Gasteiger partial charge in [0.1, 0.15) is 11.6 Å². The fourth-order valence-corrected chi connectivity index (χ4v) is 6.10. The second-order valence-corrected chi connectivity index (χ2v) is 10.8. The van der Waals surface area contributed by atoms with E-state index < -0.39 is 0 Å². The smallest absolute Gasteiger partial charge is 0.253 e. The van der Waals surface area contributed by atoms with Crippen molar-refractivity contribution in [1.82, 2.24) is 30.2 Å². The maximum absolute atomic E-state index is 13.3. The molecule has 0 spiro atoms. The lowest BCUT2D eigenvalue weighted by molar-refractivity contribution is 0.0816. The minimum Gasteiger partial charge on any atom is -0.381 e. The SMILES string of the molecule is COC1CCN(c2nccc(Nc3cc4c(cn3)c(C(=O)NC3CCNCC3)cn4C3CCCC3)n2)CC1.Cl. The van der Waals surface area contributed by atoms with Crippen LogP contribution < -0.4 is 20.9 Å².